The zero-order chi connectivity index (χ0) is 14.4. The Balaban J connectivity index is 2.08. The van der Waals surface area contributed by atoms with Crippen LogP contribution in [0.4, 0.5) is 11.6 Å². The Morgan fingerprint density at radius 2 is 2.00 bits per heavy atom. The van der Waals surface area contributed by atoms with Crippen molar-refractivity contribution in [3.8, 4) is 5.88 Å². The molecule has 0 fully saturated rings. The third kappa shape index (κ3) is 3.44. The SMILES string of the molecule is CCOC(=O)c1ccc(Nc2nccc(OC)n2)cc1. The first-order valence-corrected chi connectivity index (χ1v) is 6.14. The number of esters is 1. The van der Waals surface area contributed by atoms with Crippen molar-refractivity contribution in [2.24, 2.45) is 0 Å². The highest BCUT2D eigenvalue weighted by molar-refractivity contribution is 5.89. The van der Waals surface area contributed by atoms with Gasteiger partial charge in [-0.3, -0.25) is 0 Å². The molecule has 0 saturated carbocycles. The van der Waals surface area contributed by atoms with Crippen LogP contribution in [0, 0.1) is 0 Å². The fourth-order valence-electron chi connectivity index (χ4n) is 1.55. The number of nitrogens with zero attached hydrogens (tertiary/aromatic N) is 2. The molecule has 0 aliphatic carbocycles. The number of anilines is 2. The first kappa shape index (κ1) is 13.8. The second kappa shape index (κ2) is 6.51. The highest BCUT2D eigenvalue weighted by atomic mass is 16.5. The maximum absolute atomic E-state index is 11.5. The van der Waals surface area contributed by atoms with E-state index in [0.29, 0.717) is 24.0 Å². The van der Waals surface area contributed by atoms with Gasteiger partial charge in [-0.2, -0.15) is 4.98 Å². The van der Waals surface area contributed by atoms with E-state index in [1.54, 1.807) is 50.6 Å². The number of ether oxygens (including phenoxy) is 2. The van der Waals surface area contributed by atoms with E-state index in [-0.39, 0.29) is 5.97 Å². The van der Waals surface area contributed by atoms with Crippen LogP contribution in [0.3, 0.4) is 0 Å². The number of nitrogens with one attached hydrogen (secondary N) is 1. The number of hydrogen-bond acceptors (Lipinski definition) is 6. The standard InChI is InChI=1S/C14H15N3O3/c1-3-20-13(18)10-4-6-11(7-5-10)16-14-15-9-8-12(17-14)19-2/h4-9H,3H2,1-2H3,(H,15,16,17). The van der Waals surface area contributed by atoms with Gasteiger partial charge in [-0.1, -0.05) is 0 Å². The molecule has 1 aromatic heterocycles. The van der Waals surface area contributed by atoms with Crippen LogP contribution in [0.2, 0.25) is 0 Å². The molecule has 0 aliphatic heterocycles. The third-order valence-corrected chi connectivity index (χ3v) is 2.49. The van der Waals surface area contributed by atoms with E-state index in [1.165, 1.54) is 0 Å². The molecule has 6 heteroatoms. The summed E-state index contributed by atoms with van der Waals surface area (Å²) in [6.45, 7) is 2.13. The first-order chi connectivity index (χ1) is 9.72. The Labute approximate surface area is 116 Å². The molecule has 1 N–H and O–H groups in total. The van der Waals surface area contributed by atoms with E-state index in [2.05, 4.69) is 15.3 Å². The van der Waals surface area contributed by atoms with Crippen LogP contribution in [-0.4, -0.2) is 29.7 Å². The number of aromatic nitrogens is 2. The minimum Gasteiger partial charge on any atom is -0.481 e. The van der Waals surface area contributed by atoms with E-state index >= 15 is 0 Å². The topological polar surface area (TPSA) is 73.3 Å². The van der Waals surface area contributed by atoms with Gasteiger partial charge in [-0.25, -0.2) is 9.78 Å². The molecule has 0 amide bonds. The van der Waals surface area contributed by atoms with Crippen LogP contribution in [-0.2, 0) is 4.74 Å². The highest BCUT2D eigenvalue weighted by Gasteiger charge is 2.06. The van der Waals surface area contributed by atoms with Gasteiger partial charge in [0, 0.05) is 18.0 Å². The van der Waals surface area contributed by atoms with E-state index in [1.807, 2.05) is 0 Å². The normalized spacial score (nSPS) is 9.90. The third-order valence-electron chi connectivity index (χ3n) is 2.49. The van der Waals surface area contributed by atoms with Crippen molar-refractivity contribution in [1.29, 1.82) is 0 Å². The lowest BCUT2D eigenvalue weighted by atomic mass is 10.2. The van der Waals surface area contributed by atoms with E-state index < -0.39 is 0 Å². The zero-order valence-corrected chi connectivity index (χ0v) is 11.3. The Kier molecular flexibility index (Phi) is 4.49. The van der Waals surface area contributed by atoms with Gasteiger partial charge in [0.25, 0.3) is 0 Å². The van der Waals surface area contributed by atoms with Crippen LogP contribution in [0.25, 0.3) is 0 Å². The number of benzene rings is 1. The van der Waals surface area contributed by atoms with Crippen LogP contribution in [0.5, 0.6) is 5.88 Å². The van der Waals surface area contributed by atoms with Gasteiger partial charge in [-0.05, 0) is 31.2 Å². The van der Waals surface area contributed by atoms with Crippen LogP contribution in [0.1, 0.15) is 17.3 Å². The Hall–Kier alpha value is -2.63. The maximum atomic E-state index is 11.5. The molecule has 0 radical (unpaired) electrons. The van der Waals surface area contributed by atoms with Gasteiger partial charge >= 0.3 is 5.97 Å². The number of methoxy groups -OCH3 is 1. The highest BCUT2D eigenvalue weighted by Crippen LogP contribution is 2.16. The van der Waals surface area contributed by atoms with Gasteiger partial charge in [0.05, 0.1) is 19.3 Å². The van der Waals surface area contributed by atoms with E-state index in [9.17, 15) is 4.79 Å². The minimum atomic E-state index is -0.336. The molecule has 1 aromatic carbocycles. The van der Waals surface area contributed by atoms with Gasteiger partial charge < -0.3 is 14.8 Å². The van der Waals surface area contributed by atoms with Gasteiger partial charge in [-0.15, -0.1) is 0 Å². The molecular formula is C14H15N3O3. The predicted octanol–water partition coefficient (Wildman–Crippen LogP) is 2.41. The Morgan fingerprint density at radius 3 is 2.65 bits per heavy atom. The summed E-state index contributed by atoms with van der Waals surface area (Å²) >= 11 is 0. The fraction of sp³-hybridized carbons (Fsp3) is 0.214. The summed E-state index contributed by atoms with van der Waals surface area (Å²) in [5.74, 6) is 0.565. The summed E-state index contributed by atoms with van der Waals surface area (Å²) in [7, 11) is 1.54. The van der Waals surface area contributed by atoms with Gasteiger partial charge in [0.1, 0.15) is 0 Å². The molecule has 2 rings (SSSR count). The smallest absolute Gasteiger partial charge is 0.338 e. The second-order valence-electron chi connectivity index (χ2n) is 3.85. The fourth-order valence-corrected chi connectivity index (χ4v) is 1.55. The summed E-state index contributed by atoms with van der Waals surface area (Å²) in [4.78, 5) is 19.7. The van der Waals surface area contributed by atoms with Crippen molar-refractivity contribution >= 4 is 17.6 Å². The number of hydrogen-bond donors (Lipinski definition) is 1. The van der Waals surface area contributed by atoms with Crippen LogP contribution in [0.15, 0.2) is 36.5 Å². The van der Waals surface area contributed by atoms with Crippen molar-refractivity contribution < 1.29 is 14.3 Å². The lowest BCUT2D eigenvalue weighted by Gasteiger charge is -2.06. The number of rotatable bonds is 5. The van der Waals surface area contributed by atoms with Crippen LogP contribution >= 0.6 is 0 Å². The molecule has 0 bridgehead atoms. The number of carbonyl (C=O) groups is 1. The van der Waals surface area contributed by atoms with E-state index in [4.69, 9.17) is 9.47 Å². The summed E-state index contributed by atoms with van der Waals surface area (Å²) in [6.07, 6.45) is 1.60. The zero-order valence-electron chi connectivity index (χ0n) is 11.3. The quantitative estimate of drug-likeness (QED) is 0.843. The molecule has 2 aromatic rings. The molecule has 0 atom stereocenters. The molecule has 1 heterocycles. The van der Waals surface area contributed by atoms with Gasteiger partial charge in [0.2, 0.25) is 11.8 Å². The molecule has 0 unspecified atom stereocenters. The number of carbonyl (C=O) groups excluding carboxylic acids is 1. The first-order valence-electron chi connectivity index (χ1n) is 6.14. The Bertz CT molecular complexity index is 584. The average Bonchev–Trinajstić information content (AvgIpc) is 2.48. The molecule has 0 saturated heterocycles. The lowest BCUT2D eigenvalue weighted by Crippen LogP contribution is -2.04. The molecular weight excluding hydrogens is 258 g/mol. The molecule has 20 heavy (non-hydrogen) atoms. The largest absolute Gasteiger partial charge is 0.481 e. The summed E-state index contributed by atoms with van der Waals surface area (Å²) < 4.78 is 9.93. The molecule has 0 spiro atoms. The second-order valence-corrected chi connectivity index (χ2v) is 3.85. The van der Waals surface area contributed by atoms with Crippen molar-refractivity contribution in [3.63, 3.8) is 0 Å². The lowest BCUT2D eigenvalue weighted by molar-refractivity contribution is 0.0526. The summed E-state index contributed by atoms with van der Waals surface area (Å²) in [5.41, 5.74) is 1.27. The molecule has 0 aliphatic rings. The molecule has 104 valence electrons. The van der Waals surface area contributed by atoms with Crippen molar-refractivity contribution in [2.45, 2.75) is 6.92 Å². The van der Waals surface area contributed by atoms with Gasteiger partial charge in [0.15, 0.2) is 0 Å². The van der Waals surface area contributed by atoms with E-state index in [0.717, 1.165) is 5.69 Å². The van der Waals surface area contributed by atoms with Crippen LogP contribution < -0.4 is 10.1 Å². The molecule has 6 nitrogen and oxygen atoms in total. The summed E-state index contributed by atoms with van der Waals surface area (Å²) in [5, 5.41) is 3.02. The minimum absolute atomic E-state index is 0.336. The average molecular weight is 273 g/mol. The maximum Gasteiger partial charge on any atom is 0.338 e. The summed E-state index contributed by atoms with van der Waals surface area (Å²) in [6, 6.07) is 8.54. The Morgan fingerprint density at radius 1 is 1.25 bits per heavy atom. The predicted molar refractivity (Wildman–Crippen MR) is 74.3 cm³/mol. The van der Waals surface area contributed by atoms with Crippen molar-refractivity contribution in [3.05, 3.63) is 42.1 Å². The monoisotopic (exact) mass is 273 g/mol. The van der Waals surface area contributed by atoms with Crippen molar-refractivity contribution in [1.82, 2.24) is 9.97 Å². The van der Waals surface area contributed by atoms with Crippen molar-refractivity contribution in [2.75, 3.05) is 19.0 Å².